The summed E-state index contributed by atoms with van der Waals surface area (Å²) in [5, 5.41) is 9.94. The van der Waals surface area contributed by atoms with Crippen LogP contribution in [0.3, 0.4) is 0 Å². The zero-order valence-electron chi connectivity index (χ0n) is 24.1. The summed E-state index contributed by atoms with van der Waals surface area (Å²) < 4.78 is 31.9. The zero-order valence-corrected chi connectivity index (χ0v) is 25.7. The van der Waals surface area contributed by atoms with Gasteiger partial charge in [0.05, 0.1) is 37.3 Å². The van der Waals surface area contributed by atoms with Gasteiger partial charge in [-0.1, -0.05) is 35.9 Å². The van der Waals surface area contributed by atoms with Crippen molar-refractivity contribution in [3.63, 3.8) is 0 Å². The number of piperidine rings is 1. The van der Waals surface area contributed by atoms with Crippen LogP contribution in [-0.2, 0) is 16.4 Å². The molecule has 5 rings (SSSR count). The topological polar surface area (TPSA) is 129 Å². The number of halogens is 1. The van der Waals surface area contributed by atoms with Crippen LogP contribution >= 0.6 is 11.6 Å². The monoisotopic (exact) mass is 613 g/mol. The maximum atomic E-state index is 13.0. The fourth-order valence-corrected chi connectivity index (χ4v) is 6.37. The first kappa shape index (κ1) is 30.0. The van der Waals surface area contributed by atoms with Gasteiger partial charge >= 0.3 is 0 Å². The van der Waals surface area contributed by atoms with Crippen molar-refractivity contribution in [3.8, 4) is 5.75 Å². The van der Waals surface area contributed by atoms with Crippen molar-refractivity contribution >= 4 is 45.0 Å². The molecule has 2 aliphatic rings. The second-order valence-corrected chi connectivity index (χ2v) is 13.3. The molecule has 224 valence electrons. The maximum Gasteiger partial charge on any atom is 0.251 e. The highest BCUT2D eigenvalue weighted by Gasteiger charge is 2.39. The first-order valence-corrected chi connectivity index (χ1v) is 16.0. The van der Waals surface area contributed by atoms with Gasteiger partial charge in [0.2, 0.25) is 16.0 Å². The lowest BCUT2D eigenvalue weighted by Gasteiger charge is -2.29. The predicted octanol–water partition coefficient (Wildman–Crippen LogP) is 3.68. The van der Waals surface area contributed by atoms with Crippen molar-refractivity contribution in [2.45, 2.75) is 37.4 Å². The number of aromatic nitrogens is 2. The molecule has 42 heavy (non-hydrogen) atoms. The van der Waals surface area contributed by atoms with E-state index in [0.717, 1.165) is 37.1 Å². The van der Waals surface area contributed by atoms with Crippen molar-refractivity contribution in [3.05, 3.63) is 70.4 Å². The van der Waals surface area contributed by atoms with E-state index in [9.17, 15) is 13.2 Å². The lowest BCUT2D eigenvalue weighted by atomic mass is 10.0. The number of anilines is 3. The van der Waals surface area contributed by atoms with E-state index in [-0.39, 0.29) is 29.0 Å². The minimum atomic E-state index is -3.48. The predicted molar refractivity (Wildman–Crippen MR) is 164 cm³/mol. The third kappa shape index (κ3) is 6.62. The number of carbonyl (C=O) groups is 1. The molecular weight excluding hydrogens is 578 g/mol. The second kappa shape index (κ2) is 12.4. The van der Waals surface area contributed by atoms with Gasteiger partial charge in [-0.15, -0.1) is 0 Å². The number of amides is 1. The van der Waals surface area contributed by atoms with Gasteiger partial charge in [0.15, 0.2) is 5.82 Å². The van der Waals surface area contributed by atoms with Gasteiger partial charge in [-0.2, -0.15) is 9.29 Å². The third-order valence-electron chi connectivity index (χ3n) is 7.94. The number of ether oxygens (including phenoxy) is 1. The third-order valence-corrected chi connectivity index (χ3v) is 9.49. The Morgan fingerprint density at radius 2 is 1.90 bits per heavy atom. The number of benzene rings is 2. The first-order chi connectivity index (χ1) is 20.0. The van der Waals surface area contributed by atoms with E-state index in [0.29, 0.717) is 29.2 Å². The smallest absolute Gasteiger partial charge is 0.251 e. The largest absolute Gasteiger partial charge is 0.495 e. The number of hydrogen-bond donors (Lipinski definition) is 3. The molecule has 13 heteroatoms. The molecule has 2 atom stereocenters. The Morgan fingerprint density at radius 3 is 2.62 bits per heavy atom. The molecule has 1 aromatic heterocycles. The van der Waals surface area contributed by atoms with E-state index < -0.39 is 16.1 Å². The van der Waals surface area contributed by atoms with Crippen LogP contribution < -0.4 is 20.7 Å². The quantitative estimate of drug-likeness (QED) is 0.331. The SMILES string of the molecule is COc1ccc(C(=O)NC2CCN(C)CC2)cc1Nc1ncc(Cl)c(N[C@@H]2Cc3ccccc3[C@H]2N(C)S(C)(=O)=O)n1. The summed E-state index contributed by atoms with van der Waals surface area (Å²) in [5.41, 5.74) is 3.00. The minimum Gasteiger partial charge on any atom is -0.495 e. The van der Waals surface area contributed by atoms with E-state index in [2.05, 4.69) is 37.9 Å². The van der Waals surface area contributed by atoms with Crippen molar-refractivity contribution in [2.75, 3.05) is 51.2 Å². The maximum absolute atomic E-state index is 13.0. The second-order valence-electron chi connectivity index (χ2n) is 10.9. The molecule has 2 heterocycles. The lowest BCUT2D eigenvalue weighted by Crippen LogP contribution is -2.43. The van der Waals surface area contributed by atoms with Gasteiger partial charge < -0.3 is 25.6 Å². The van der Waals surface area contributed by atoms with E-state index in [1.165, 1.54) is 16.8 Å². The van der Waals surface area contributed by atoms with Crippen LogP contribution in [0.5, 0.6) is 5.75 Å². The summed E-state index contributed by atoms with van der Waals surface area (Å²) in [6.45, 7) is 1.89. The molecule has 0 saturated carbocycles. The summed E-state index contributed by atoms with van der Waals surface area (Å²) in [7, 11) is 1.73. The minimum absolute atomic E-state index is 0.132. The summed E-state index contributed by atoms with van der Waals surface area (Å²) >= 11 is 6.51. The average molecular weight is 614 g/mol. The number of likely N-dealkylation sites (N-methyl/N-ethyl adjacent to an activating group) is 1. The summed E-state index contributed by atoms with van der Waals surface area (Å²) in [4.78, 5) is 24.2. The molecule has 0 bridgehead atoms. The van der Waals surface area contributed by atoms with Crippen molar-refractivity contribution in [1.29, 1.82) is 0 Å². The number of sulfonamides is 1. The van der Waals surface area contributed by atoms with E-state index >= 15 is 0 Å². The highest BCUT2D eigenvalue weighted by Crippen LogP contribution is 2.39. The Hall–Kier alpha value is -3.45. The normalized spacial score (nSPS) is 19.4. The Bertz CT molecular complexity index is 1560. The van der Waals surface area contributed by atoms with Gasteiger partial charge in [-0.25, -0.2) is 13.4 Å². The van der Waals surface area contributed by atoms with Crippen LogP contribution in [0, 0.1) is 0 Å². The van der Waals surface area contributed by atoms with E-state index in [1.807, 2.05) is 24.3 Å². The van der Waals surface area contributed by atoms with Crippen LogP contribution in [-0.4, -0.2) is 86.1 Å². The van der Waals surface area contributed by atoms with Crippen LogP contribution in [0.25, 0.3) is 0 Å². The van der Waals surface area contributed by atoms with Gasteiger partial charge in [0.1, 0.15) is 10.8 Å². The van der Waals surface area contributed by atoms with Crippen molar-refractivity contribution in [1.82, 2.24) is 24.5 Å². The zero-order chi connectivity index (χ0) is 30.0. The highest BCUT2D eigenvalue weighted by atomic mass is 35.5. The fraction of sp³-hybridized carbons (Fsp3) is 0.414. The fourth-order valence-electron chi connectivity index (χ4n) is 5.55. The number of hydrogen-bond acceptors (Lipinski definition) is 9. The first-order valence-electron chi connectivity index (χ1n) is 13.8. The Balaban J connectivity index is 1.36. The van der Waals surface area contributed by atoms with Gasteiger partial charge in [0, 0.05) is 18.7 Å². The number of rotatable bonds is 9. The van der Waals surface area contributed by atoms with Gasteiger partial charge in [-0.05, 0) is 68.7 Å². The molecule has 2 aromatic carbocycles. The highest BCUT2D eigenvalue weighted by molar-refractivity contribution is 7.88. The average Bonchev–Trinajstić information content (AvgIpc) is 3.32. The molecule has 1 saturated heterocycles. The number of nitrogens with one attached hydrogen (secondary N) is 3. The van der Waals surface area contributed by atoms with Crippen LogP contribution in [0.4, 0.5) is 17.5 Å². The Kier molecular flexibility index (Phi) is 8.88. The van der Waals surface area contributed by atoms with E-state index in [1.54, 1.807) is 32.4 Å². The molecular formula is C29H36ClN7O4S. The molecule has 0 spiro atoms. The Morgan fingerprint density at radius 1 is 1.17 bits per heavy atom. The Labute approximate surface area is 251 Å². The van der Waals surface area contributed by atoms with Gasteiger partial charge in [-0.3, -0.25) is 4.79 Å². The summed E-state index contributed by atoms with van der Waals surface area (Å²) in [6.07, 6.45) is 5.07. The molecule has 0 radical (unpaired) electrons. The number of likely N-dealkylation sites (tertiary alicyclic amines) is 1. The van der Waals surface area contributed by atoms with Crippen molar-refractivity contribution in [2.24, 2.45) is 0 Å². The van der Waals surface area contributed by atoms with Gasteiger partial charge in [0.25, 0.3) is 5.91 Å². The molecule has 1 fully saturated rings. The molecule has 1 amide bonds. The number of nitrogens with zero attached hydrogens (tertiary/aromatic N) is 4. The van der Waals surface area contributed by atoms with Crippen LogP contribution in [0.1, 0.15) is 40.4 Å². The molecule has 3 N–H and O–H groups in total. The van der Waals surface area contributed by atoms with E-state index in [4.69, 9.17) is 16.3 Å². The van der Waals surface area contributed by atoms with Crippen LogP contribution in [0.2, 0.25) is 5.02 Å². The molecule has 1 aliphatic heterocycles. The molecule has 0 unspecified atom stereocenters. The number of fused-ring (bicyclic) bond motifs is 1. The molecule has 3 aromatic rings. The number of carbonyl (C=O) groups excluding carboxylic acids is 1. The molecule has 1 aliphatic carbocycles. The lowest BCUT2D eigenvalue weighted by molar-refractivity contribution is 0.0917. The molecule has 11 nitrogen and oxygen atoms in total. The number of methoxy groups -OCH3 is 1. The van der Waals surface area contributed by atoms with Crippen LogP contribution in [0.15, 0.2) is 48.7 Å². The summed E-state index contributed by atoms with van der Waals surface area (Å²) in [5.74, 6) is 0.946. The van der Waals surface area contributed by atoms with Crippen molar-refractivity contribution < 1.29 is 17.9 Å². The summed E-state index contributed by atoms with van der Waals surface area (Å²) in [6, 6.07) is 12.3. The standard InChI is InChI=1S/C29H36ClN7O4S/c1-36-13-11-20(12-14-36)32-28(38)19-9-10-25(41-3)23(16-19)34-29-31-17-22(30)27(35-29)33-24-15-18-7-5-6-8-21(18)26(24)37(2)42(4,39)40/h5-10,16-17,20,24,26H,11-15H2,1-4H3,(H,32,38)(H2,31,33,34,35)/t24-,26-/m1/s1.